The fourth-order valence-electron chi connectivity index (χ4n) is 2.60. The normalized spacial score (nSPS) is 16.3. The van der Waals surface area contributed by atoms with Gasteiger partial charge in [-0.3, -0.25) is 9.63 Å². The Kier molecular flexibility index (Phi) is 7.49. The summed E-state index contributed by atoms with van der Waals surface area (Å²) in [7, 11) is 1.64. The minimum absolute atomic E-state index is 0.0454. The van der Waals surface area contributed by atoms with Crippen LogP contribution in [0.1, 0.15) is 0 Å². The summed E-state index contributed by atoms with van der Waals surface area (Å²) < 4.78 is 38.7. The second-order valence-corrected chi connectivity index (χ2v) is 5.95. The first kappa shape index (κ1) is 20.3. The molecule has 0 spiro atoms. The van der Waals surface area contributed by atoms with E-state index in [1.54, 1.807) is 24.1 Å². The van der Waals surface area contributed by atoms with Gasteiger partial charge in [0.05, 0.1) is 18.4 Å². The maximum absolute atomic E-state index is 14.5. The van der Waals surface area contributed by atoms with E-state index in [4.69, 9.17) is 4.84 Å². The van der Waals surface area contributed by atoms with Crippen LogP contribution in [0.2, 0.25) is 0 Å². The van der Waals surface area contributed by atoms with Gasteiger partial charge in [0.1, 0.15) is 5.82 Å². The highest BCUT2D eigenvalue weighted by atomic mass is 19.3. The number of hydrogen-bond donors (Lipinski definition) is 3. The number of alkyl halides is 2. The molecule has 1 atom stereocenters. The quantitative estimate of drug-likeness (QED) is 0.637. The topological polar surface area (TPSA) is 77.1 Å². The first-order valence-corrected chi connectivity index (χ1v) is 8.22. The largest absolute Gasteiger partial charge is 0.389 e. The number of rotatable bonds is 7. The molecule has 146 valence electrons. The summed E-state index contributed by atoms with van der Waals surface area (Å²) in [4.78, 5) is 19.4. The lowest BCUT2D eigenvalue weighted by Crippen LogP contribution is -2.40. The fraction of sp³-hybridized carbons (Fsp3) is 0.562. The molecule has 7 nitrogen and oxygen atoms in total. The first-order chi connectivity index (χ1) is 12.4. The lowest BCUT2D eigenvalue weighted by atomic mass is 10.2. The molecule has 1 aromatic rings. The molecule has 2 rings (SSSR count). The minimum atomic E-state index is -3.12. The van der Waals surface area contributed by atoms with Crippen molar-refractivity contribution in [3.05, 3.63) is 24.0 Å². The molecular formula is C16H23F3N4O3. The van der Waals surface area contributed by atoms with Gasteiger partial charge in [-0.2, -0.15) is 8.78 Å². The summed E-state index contributed by atoms with van der Waals surface area (Å²) in [6, 6.07) is 4.71. The Balaban J connectivity index is 1.93. The lowest BCUT2D eigenvalue weighted by molar-refractivity contribution is -0.132. The van der Waals surface area contributed by atoms with Crippen LogP contribution in [-0.4, -0.2) is 69.9 Å². The molecule has 1 aliphatic heterocycles. The van der Waals surface area contributed by atoms with Crippen LogP contribution in [-0.2, 0) is 9.63 Å². The van der Waals surface area contributed by atoms with Crippen molar-refractivity contribution in [1.82, 2.24) is 10.8 Å². The molecule has 1 amide bonds. The molecule has 1 saturated heterocycles. The second-order valence-electron chi connectivity index (χ2n) is 5.95. The van der Waals surface area contributed by atoms with Crippen LogP contribution in [0, 0.1) is 5.82 Å². The number of nitrogens with zero attached hydrogens (tertiary/aromatic N) is 2. The van der Waals surface area contributed by atoms with Gasteiger partial charge in [0.15, 0.2) is 0 Å². The van der Waals surface area contributed by atoms with E-state index >= 15 is 0 Å². The monoisotopic (exact) mass is 376 g/mol. The number of benzene rings is 1. The van der Waals surface area contributed by atoms with Gasteiger partial charge in [-0.1, -0.05) is 0 Å². The van der Waals surface area contributed by atoms with Crippen LogP contribution in [0.3, 0.4) is 0 Å². The predicted molar refractivity (Wildman–Crippen MR) is 90.9 cm³/mol. The molecule has 10 heteroatoms. The van der Waals surface area contributed by atoms with E-state index in [1.165, 1.54) is 6.07 Å². The summed E-state index contributed by atoms with van der Waals surface area (Å²) in [5, 5.41) is 11.8. The molecular weight excluding hydrogens is 353 g/mol. The summed E-state index contributed by atoms with van der Waals surface area (Å²) in [5.41, 5.74) is 3.75. The number of amides is 1. The highest BCUT2D eigenvalue weighted by Crippen LogP contribution is 2.25. The van der Waals surface area contributed by atoms with E-state index in [1.807, 2.05) is 10.2 Å². The maximum atomic E-state index is 14.5. The van der Waals surface area contributed by atoms with Crippen LogP contribution in [0.15, 0.2) is 18.2 Å². The van der Waals surface area contributed by atoms with Crippen LogP contribution >= 0.6 is 0 Å². The molecule has 1 aliphatic rings. The van der Waals surface area contributed by atoms with Crippen LogP contribution < -0.4 is 20.6 Å². The van der Waals surface area contributed by atoms with Gasteiger partial charge in [-0.25, -0.2) is 9.87 Å². The van der Waals surface area contributed by atoms with E-state index in [0.717, 1.165) is 0 Å². The number of carbonyl (C=O) groups is 1. The third-order valence-corrected chi connectivity index (χ3v) is 3.96. The van der Waals surface area contributed by atoms with Crippen molar-refractivity contribution >= 4 is 17.3 Å². The molecule has 0 bridgehead atoms. The zero-order valence-electron chi connectivity index (χ0n) is 14.4. The highest BCUT2D eigenvalue weighted by molar-refractivity contribution is 5.79. The number of halogens is 3. The van der Waals surface area contributed by atoms with Crippen molar-refractivity contribution in [3.8, 4) is 0 Å². The molecule has 1 heterocycles. The Bertz CT molecular complexity index is 598. The average molecular weight is 376 g/mol. The smallest absolute Gasteiger partial charge is 0.315 e. The van der Waals surface area contributed by atoms with Crippen molar-refractivity contribution in [3.63, 3.8) is 0 Å². The molecule has 0 aromatic heterocycles. The lowest BCUT2D eigenvalue weighted by Gasteiger charge is -2.26. The number of aliphatic hydroxyl groups excluding tert-OH is 1. The summed E-state index contributed by atoms with van der Waals surface area (Å²) >= 11 is 0. The SMILES string of the molecule is CN(C[C@@H](O)CNC(=O)C(F)F)c1ccc(N2CCNOCC2)c(F)c1. The molecule has 3 N–H and O–H groups in total. The first-order valence-electron chi connectivity index (χ1n) is 8.22. The van der Waals surface area contributed by atoms with Crippen LogP contribution in [0.25, 0.3) is 0 Å². The van der Waals surface area contributed by atoms with Gasteiger partial charge in [0.2, 0.25) is 0 Å². The molecule has 0 radical (unpaired) electrons. The number of aliphatic hydroxyl groups is 1. The zero-order valence-corrected chi connectivity index (χ0v) is 14.4. The number of hydrogen-bond acceptors (Lipinski definition) is 6. The van der Waals surface area contributed by atoms with Crippen molar-refractivity contribution in [2.24, 2.45) is 0 Å². The molecule has 0 saturated carbocycles. The molecule has 0 aliphatic carbocycles. The highest BCUT2D eigenvalue weighted by Gasteiger charge is 2.18. The second kappa shape index (κ2) is 9.60. The Labute approximate surface area is 149 Å². The number of hydroxylamine groups is 1. The van der Waals surface area contributed by atoms with Crippen molar-refractivity contribution in [2.45, 2.75) is 12.5 Å². The average Bonchev–Trinajstić information content (AvgIpc) is 2.88. The van der Waals surface area contributed by atoms with Gasteiger partial charge in [-0.15, -0.1) is 0 Å². The Morgan fingerprint density at radius 3 is 2.92 bits per heavy atom. The Hall–Kier alpha value is -2.04. The molecule has 1 aromatic carbocycles. The summed E-state index contributed by atoms with van der Waals surface area (Å²) in [6.45, 7) is 1.92. The molecule has 26 heavy (non-hydrogen) atoms. The molecule has 1 fully saturated rings. The summed E-state index contributed by atoms with van der Waals surface area (Å²) in [6.07, 6.45) is -4.19. The van der Waals surface area contributed by atoms with E-state index in [-0.39, 0.29) is 13.1 Å². The Morgan fingerprint density at radius 2 is 2.23 bits per heavy atom. The summed E-state index contributed by atoms with van der Waals surface area (Å²) in [5.74, 6) is -1.84. The predicted octanol–water partition coefficient (Wildman–Crippen LogP) is 0.345. The number of nitrogens with one attached hydrogen (secondary N) is 2. The number of carbonyl (C=O) groups excluding carboxylic acids is 1. The Morgan fingerprint density at radius 1 is 1.46 bits per heavy atom. The van der Waals surface area contributed by atoms with E-state index in [9.17, 15) is 23.1 Å². The number of likely N-dealkylation sites (N-methyl/N-ethyl adjacent to an activating group) is 1. The molecule has 0 unspecified atom stereocenters. The third-order valence-electron chi connectivity index (χ3n) is 3.96. The van der Waals surface area contributed by atoms with Crippen molar-refractivity contribution < 1.29 is 27.9 Å². The van der Waals surface area contributed by atoms with Crippen molar-refractivity contribution in [1.29, 1.82) is 0 Å². The number of anilines is 2. The van der Waals surface area contributed by atoms with Crippen LogP contribution in [0.5, 0.6) is 0 Å². The van der Waals surface area contributed by atoms with E-state index in [2.05, 4.69) is 5.48 Å². The fourth-order valence-corrected chi connectivity index (χ4v) is 2.60. The van der Waals surface area contributed by atoms with Gasteiger partial charge in [0.25, 0.3) is 5.91 Å². The van der Waals surface area contributed by atoms with E-state index < -0.39 is 24.3 Å². The third kappa shape index (κ3) is 5.75. The van der Waals surface area contributed by atoms with Gasteiger partial charge < -0.3 is 20.2 Å². The maximum Gasteiger partial charge on any atom is 0.315 e. The zero-order chi connectivity index (χ0) is 19.1. The van der Waals surface area contributed by atoms with Crippen molar-refractivity contribution in [2.75, 3.05) is 56.2 Å². The minimum Gasteiger partial charge on any atom is -0.389 e. The van der Waals surface area contributed by atoms with Gasteiger partial charge in [-0.05, 0) is 18.2 Å². The van der Waals surface area contributed by atoms with Gasteiger partial charge in [0, 0.05) is 45.5 Å². The van der Waals surface area contributed by atoms with Gasteiger partial charge >= 0.3 is 6.43 Å². The van der Waals surface area contributed by atoms with Crippen LogP contribution in [0.4, 0.5) is 24.5 Å². The standard InChI is InChI=1S/C16H23F3N4O3/c1-22(10-12(24)9-20-16(25)15(18)19)11-2-3-14(13(17)8-11)23-5-4-21-26-7-6-23/h2-3,8,12,15,21,24H,4-7,9-10H2,1H3,(H,20,25)/t12-/m0/s1. The van der Waals surface area contributed by atoms with E-state index in [0.29, 0.717) is 37.6 Å².